The van der Waals surface area contributed by atoms with Gasteiger partial charge >= 0.3 is 0 Å². The van der Waals surface area contributed by atoms with Crippen molar-refractivity contribution in [3.63, 3.8) is 0 Å². The Balaban J connectivity index is 2.59. The van der Waals surface area contributed by atoms with E-state index in [1.807, 2.05) is 13.8 Å². The number of sulfonamides is 1. The Kier molecular flexibility index (Phi) is 5.87. The molecule has 0 spiro atoms. The molecule has 5 N–H and O–H groups in total. The third-order valence-corrected chi connectivity index (χ3v) is 4.52. The fourth-order valence-electron chi connectivity index (χ4n) is 1.95. The van der Waals surface area contributed by atoms with E-state index < -0.39 is 10.0 Å². The molecule has 21 heavy (non-hydrogen) atoms. The van der Waals surface area contributed by atoms with Gasteiger partial charge in [0.25, 0.3) is 0 Å². The van der Waals surface area contributed by atoms with Gasteiger partial charge in [0, 0.05) is 25.7 Å². The normalized spacial score (nSPS) is 12.4. The van der Waals surface area contributed by atoms with E-state index in [1.54, 1.807) is 0 Å². The number of carbonyl (C=O) groups excluding carboxylic acids is 1. The van der Waals surface area contributed by atoms with Crippen LogP contribution in [0, 0.1) is 0 Å². The van der Waals surface area contributed by atoms with Gasteiger partial charge in [0.05, 0.1) is 11.7 Å². The maximum absolute atomic E-state index is 12.0. The van der Waals surface area contributed by atoms with Gasteiger partial charge in [-0.15, -0.1) is 0 Å². The fraction of sp³-hybridized carbons (Fsp3) is 0.667. The minimum atomic E-state index is -3.76. The van der Waals surface area contributed by atoms with Crippen LogP contribution in [0.5, 0.6) is 0 Å². The zero-order chi connectivity index (χ0) is 16.1. The van der Waals surface area contributed by atoms with Gasteiger partial charge < -0.3 is 11.1 Å². The molecule has 0 saturated carbocycles. The number of hydrogen-bond donors (Lipinski definition) is 3. The molecule has 0 radical (unpaired) electrons. The average Bonchev–Trinajstić information content (AvgIpc) is 2.92. The molecule has 0 atom stereocenters. The molecule has 8 nitrogen and oxygen atoms in total. The summed E-state index contributed by atoms with van der Waals surface area (Å²) in [5.74, 6) is -0.142. The lowest BCUT2D eigenvalue weighted by atomic mass is 9.93. The molecule has 0 unspecified atom stereocenters. The minimum Gasteiger partial charge on any atom is -0.349 e. The van der Waals surface area contributed by atoms with Crippen molar-refractivity contribution in [1.29, 1.82) is 0 Å². The van der Waals surface area contributed by atoms with E-state index in [4.69, 9.17) is 10.9 Å². The second-order valence-corrected chi connectivity index (χ2v) is 6.54. The summed E-state index contributed by atoms with van der Waals surface area (Å²) in [7, 11) is -3.76. The van der Waals surface area contributed by atoms with Gasteiger partial charge in [-0.05, 0) is 12.8 Å². The number of nitrogens with two attached hydrogens (primary N) is 2. The molecule has 1 heterocycles. The van der Waals surface area contributed by atoms with Gasteiger partial charge in [0.2, 0.25) is 15.9 Å². The van der Waals surface area contributed by atoms with Crippen molar-refractivity contribution in [2.75, 3.05) is 6.54 Å². The van der Waals surface area contributed by atoms with E-state index >= 15 is 0 Å². The van der Waals surface area contributed by atoms with Gasteiger partial charge in [-0.1, -0.05) is 13.8 Å². The van der Waals surface area contributed by atoms with Crippen LogP contribution in [0.15, 0.2) is 17.3 Å². The first kappa shape index (κ1) is 17.6. The zero-order valence-corrected chi connectivity index (χ0v) is 13.2. The maximum Gasteiger partial charge on any atom is 0.241 e. The molecule has 9 heteroatoms. The summed E-state index contributed by atoms with van der Waals surface area (Å²) in [5.41, 5.74) is 5.34. The molecule has 0 aliphatic rings. The molecule has 0 bridgehead atoms. The van der Waals surface area contributed by atoms with Crippen LogP contribution in [-0.2, 0) is 21.4 Å². The summed E-state index contributed by atoms with van der Waals surface area (Å²) in [5, 5.41) is 11.8. The summed E-state index contributed by atoms with van der Waals surface area (Å²) < 4.78 is 23.6. The Morgan fingerprint density at radius 1 is 1.43 bits per heavy atom. The molecule has 1 aromatic rings. The number of aromatic nitrogens is 2. The topological polar surface area (TPSA) is 133 Å². The Labute approximate surface area is 124 Å². The van der Waals surface area contributed by atoms with Crippen LogP contribution in [-0.4, -0.2) is 36.2 Å². The number of nitrogens with one attached hydrogen (secondary N) is 1. The van der Waals surface area contributed by atoms with Gasteiger partial charge in [0.1, 0.15) is 4.90 Å². The summed E-state index contributed by atoms with van der Waals surface area (Å²) in [6, 6.07) is 0. The van der Waals surface area contributed by atoms with E-state index in [2.05, 4.69) is 10.4 Å². The van der Waals surface area contributed by atoms with Crippen LogP contribution in [0.3, 0.4) is 0 Å². The first-order valence-electron chi connectivity index (χ1n) is 6.82. The predicted molar refractivity (Wildman–Crippen MR) is 78.7 cm³/mol. The van der Waals surface area contributed by atoms with Crippen molar-refractivity contribution in [3.8, 4) is 0 Å². The highest BCUT2D eigenvalue weighted by Crippen LogP contribution is 2.13. The van der Waals surface area contributed by atoms with Crippen LogP contribution in [0.1, 0.15) is 33.1 Å². The van der Waals surface area contributed by atoms with Crippen molar-refractivity contribution < 1.29 is 13.2 Å². The van der Waals surface area contributed by atoms with Gasteiger partial charge in [-0.25, -0.2) is 13.6 Å². The van der Waals surface area contributed by atoms with Crippen molar-refractivity contribution in [1.82, 2.24) is 15.1 Å². The number of primary sulfonamides is 1. The highest BCUT2D eigenvalue weighted by molar-refractivity contribution is 7.89. The molecule has 0 fully saturated rings. The zero-order valence-electron chi connectivity index (χ0n) is 12.4. The molecule has 0 aliphatic heterocycles. The summed E-state index contributed by atoms with van der Waals surface area (Å²) >= 11 is 0. The number of nitrogens with zero attached hydrogens (tertiary/aromatic N) is 2. The Bertz CT molecular complexity index is 569. The number of carbonyl (C=O) groups is 1. The molecule has 1 aromatic heterocycles. The van der Waals surface area contributed by atoms with Crippen molar-refractivity contribution in [2.24, 2.45) is 10.9 Å². The minimum absolute atomic E-state index is 0.0682. The van der Waals surface area contributed by atoms with E-state index in [9.17, 15) is 13.2 Å². The second kappa shape index (κ2) is 7.01. The number of aryl methyl sites for hydroxylation is 1. The first-order valence-corrected chi connectivity index (χ1v) is 8.37. The van der Waals surface area contributed by atoms with E-state index in [0.29, 0.717) is 6.54 Å². The van der Waals surface area contributed by atoms with E-state index in [0.717, 1.165) is 19.0 Å². The van der Waals surface area contributed by atoms with Crippen LogP contribution in [0.25, 0.3) is 0 Å². The SMILES string of the molecule is CCC(CC)(CN)NC(=O)CCn1cc(S(N)(=O)=O)cn1. The highest BCUT2D eigenvalue weighted by atomic mass is 32.2. The standard InChI is InChI=1S/C12H23N5O3S/c1-3-12(4-2,9-13)16-11(18)5-6-17-8-10(7-15-17)21(14,19)20/h7-8H,3-6,9,13H2,1-2H3,(H,16,18)(H2,14,19,20). The Morgan fingerprint density at radius 2 is 2.05 bits per heavy atom. The molecule has 0 saturated heterocycles. The van der Waals surface area contributed by atoms with Crippen LogP contribution in [0.4, 0.5) is 0 Å². The van der Waals surface area contributed by atoms with Crippen molar-refractivity contribution >= 4 is 15.9 Å². The quantitative estimate of drug-likeness (QED) is 0.597. The summed E-state index contributed by atoms with van der Waals surface area (Å²) in [6.45, 7) is 4.60. The van der Waals surface area contributed by atoms with E-state index in [-0.39, 0.29) is 29.3 Å². The lowest BCUT2D eigenvalue weighted by molar-refractivity contribution is -0.123. The molecular weight excluding hydrogens is 294 g/mol. The van der Waals surface area contributed by atoms with Crippen molar-refractivity contribution in [3.05, 3.63) is 12.4 Å². The lowest BCUT2D eigenvalue weighted by Crippen LogP contribution is -2.53. The third kappa shape index (κ3) is 4.80. The Morgan fingerprint density at radius 3 is 2.48 bits per heavy atom. The monoisotopic (exact) mass is 317 g/mol. The molecule has 120 valence electrons. The maximum atomic E-state index is 12.0. The van der Waals surface area contributed by atoms with Crippen molar-refractivity contribution in [2.45, 2.75) is 50.1 Å². The van der Waals surface area contributed by atoms with Gasteiger partial charge in [0.15, 0.2) is 0 Å². The fourth-order valence-corrected chi connectivity index (χ4v) is 2.42. The van der Waals surface area contributed by atoms with Crippen LogP contribution >= 0.6 is 0 Å². The summed E-state index contributed by atoms with van der Waals surface area (Å²) in [4.78, 5) is 11.9. The predicted octanol–water partition coefficient (Wildman–Crippen LogP) is -0.446. The second-order valence-electron chi connectivity index (χ2n) is 4.97. The average molecular weight is 317 g/mol. The first-order chi connectivity index (χ1) is 9.76. The highest BCUT2D eigenvalue weighted by Gasteiger charge is 2.26. The molecule has 1 amide bonds. The van der Waals surface area contributed by atoms with Crippen LogP contribution in [0.2, 0.25) is 0 Å². The summed E-state index contributed by atoms with van der Waals surface area (Å²) in [6.07, 6.45) is 4.16. The smallest absolute Gasteiger partial charge is 0.241 e. The number of hydrogen-bond acceptors (Lipinski definition) is 5. The largest absolute Gasteiger partial charge is 0.349 e. The van der Waals surface area contributed by atoms with Gasteiger partial charge in [-0.2, -0.15) is 5.10 Å². The van der Waals surface area contributed by atoms with Gasteiger partial charge in [-0.3, -0.25) is 9.48 Å². The Hall–Kier alpha value is -1.45. The van der Waals surface area contributed by atoms with E-state index in [1.165, 1.54) is 10.9 Å². The molecule has 0 aliphatic carbocycles. The lowest BCUT2D eigenvalue weighted by Gasteiger charge is -2.31. The molecule has 0 aromatic carbocycles. The third-order valence-electron chi connectivity index (χ3n) is 3.65. The molecule has 1 rings (SSSR count). The molecular formula is C12H23N5O3S. The number of amides is 1. The van der Waals surface area contributed by atoms with Crippen LogP contribution < -0.4 is 16.2 Å². The number of rotatable bonds is 8.